The molecule has 0 aliphatic carbocycles. The van der Waals surface area contributed by atoms with Gasteiger partial charge in [-0.25, -0.2) is 0 Å². The van der Waals surface area contributed by atoms with Crippen LogP contribution in [-0.2, 0) is 0 Å². The Hall–Kier alpha value is -4.24. The van der Waals surface area contributed by atoms with Gasteiger partial charge in [-0.1, -0.05) is 12.1 Å². The van der Waals surface area contributed by atoms with E-state index in [9.17, 15) is 10.1 Å². The van der Waals surface area contributed by atoms with Crippen LogP contribution in [0.2, 0.25) is 0 Å². The van der Waals surface area contributed by atoms with Gasteiger partial charge < -0.3 is 19.4 Å². The molecule has 0 amide bonds. The highest BCUT2D eigenvalue weighted by Gasteiger charge is 2.42. The Balaban J connectivity index is 1.57. The number of hydrogen-bond acceptors (Lipinski definition) is 6. The van der Waals surface area contributed by atoms with Gasteiger partial charge in [0.1, 0.15) is 23.3 Å². The zero-order valence-corrected chi connectivity index (χ0v) is 18.9. The van der Waals surface area contributed by atoms with Crippen molar-refractivity contribution in [3.8, 4) is 17.1 Å². The number of nitro groups is 1. The van der Waals surface area contributed by atoms with E-state index in [1.165, 1.54) is 12.1 Å². The minimum Gasteiger partial charge on any atom is -0.497 e. The molecule has 5 rings (SSSR count). The highest BCUT2D eigenvalue weighted by atomic mass is 32.1. The molecule has 8 nitrogen and oxygen atoms in total. The van der Waals surface area contributed by atoms with Crippen molar-refractivity contribution in [3.05, 3.63) is 107 Å². The Bertz CT molecular complexity index is 1340. The lowest BCUT2D eigenvalue weighted by Crippen LogP contribution is -2.29. The van der Waals surface area contributed by atoms with Crippen LogP contribution in [0, 0.1) is 10.1 Å². The normalized spacial score (nSPS) is 17.4. The van der Waals surface area contributed by atoms with Gasteiger partial charge in [0, 0.05) is 35.6 Å². The molecular formula is C25H20N4O4S. The molecule has 170 valence electrons. The number of aromatic nitrogens is 1. The maximum atomic E-state index is 11.0. The molecular weight excluding hydrogens is 452 g/mol. The number of methoxy groups -OCH3 is 1. The van der Waals surface area contributed by atoms with Crippen molar-refractivity contribution in [3.63, 3.8) is 0 Å². The molecule has 1 N–H and O–H groups in total. The lowest BCUT2D eigenvalue weighted by Gasteiger charge is -2.26. The van der Waals surface area contributed by atoms with Crippen molar-refractivity contribution >= 4 is 28.7 Å². The van der Waals surface area contributed by atoms with E-state index in [1.54, 1.807) is 25.4 Å². The highest BCUT2D eigenvalue weighted by molar-refractivity contribution is 7.80. The van der Waals surface area contributed by atoms with E-state index in [-0.39, 0.29) is 17.8 Å². The average molecular weight is 473 g/mol. The van der Waals surface area contributed by atoms with Gasteiger partial charge in [-0.2, -0.15) is 0 Å². The van der Waals surface area contributed by atoms with Crippen LogP contribution in [0.4, 0.5) is 11.4 Å². The number of nitro benzene ring substituents is 1. The van der Waals surface area contributed by atoms with Crippen molar-refractivity contribution in [2.24, 2.45) is 0 Å². The molecule has 3 heterocycles. The second kappa shape index (κ2) is 8.95. The summed E-state index contributed by atoms with van der Waals surface area (Å²) < 4.78 is 11.7. The third-order valence-corrected chi connectivity index (χ3v) is 6.03. The number of benzene rings is 2. The Morgan fingerprint density at radius 1 is 1.09 bits per heavy atom. The number of non-ortho nitro benzene ring substituents is 1. The Kier molecular flexibility index (Phi) is 5.69. The molecule has 2 aromatic heterocycles. The third-order valence-electron chi connectivity index (χ3n) is 5.71. The molecule has 2 aromatic carbocycles. The molecule has 0 unspecified atom stereocenters. The molecule has 34 heavy (non-hydrogen) atoms. The fourth-order valence-corrected chi connectivity index (χ4v) is 4.44. The Labute approximate surface area is 201 Å². The van der Waals surface area contributed by atoms with Crippen LogP contribution >= 0.6 is 12.2 Å². The number of hydrogen-bond donors (Lipinski definition) is 1. The zero-order valence-electron chi connectivity index (χ0n) is 18.1. The second-order valence-electron chi connectivity index (χ2n) is 7.70. The molecule has 0 saturated carbocycles. The van der Waals surface area contributed by atoms with E-state index < -0.39 is 4.92 Å². The molecule has 9 heteroatoms. The number of furan rings is 1. The predicted molar refractivity (Wildman–Crippen MR) is 132 cm³/mol. The monoisotopic (exact) mass is 472 g/mol. The van der Waals surface area contributed by atoms with Crippen molar-refractivity contribution in [1.29, 1.82) is 0 Å². The summed E-state index contributed by atoms with van der Waals surface area (Å²) in [7, 11) is 1.62. The molecule has 1 fully saturated rings. The summed E-state index contributed by atoms with van der Waals surface area (Å²) in [6.45, 7) is 0. The minimum absolute atomic E-state index is 0.0280. The van der Waals surface area contributed by atoms with Gasteiger partial charge in [0.25, 0.3) is 5.69 Å². The van der Waals surface area contributed by atoms with Gasteiger partial charge >= 0.3 is 0 Å². The molecule has 2 atom stereocenters. The second-order valence-corrected chi connectivity index (χ2v) is 8.09. The van der Waals surface area contributed by atoms with Gasteiger partial charge in [0.2, 0.25) is 0 Å². The molecule has 1 saturated heterocycles. The van der Waals surface area contributed by atoms with Gasteiger partial charge in [-0.3, -0.25) is 15.1 Å². The summed E-state index contributed by atoms with van der Waals surface area (Å²) in [5.41, 5.74) is 2.45. The predicted octanol–water partition coefficient (Wildman–Crippen LogP) is 5.44. The van der Waals surface area contributed by atoms with Gasteiger partial charge in [0.15, 0.2) is 5.11 Å². The fourth-order valence-electron chi connectivity index (χ4n) is 4.10. The summed E-state index contributed by atoms with van der Waals surface area (Å²) >= 11 is 5.74. The number of thiocarbonyl (C=S) groups is 1. The van der Waals surface area contributed by atoms with E-state index in [2.05, 4.69) is 10.3 Å². The zero-order chi connectivity index (χ0) is 23.7. The molecule has 0 spiro atoms. The van der Waals surface area contributed by atoms with Crippen molar-refractivity contribution in [2.75, 3.05) is 12.0 Å². The highest BCUT2D eigenvalue weighted by Crippen LogP contribution is 2.43. The lowest BCUT2D eigenvalue weighted by molar-refractivity contribution is -0.384. The number of anilines is 1. The van der Waals surface area contributed by atoms with Crippen molar-refractivity contribution < 1.29 is 14.1 Å². The van der Waals surface area contributed by atoms with Crippen LogP contribution in [0.5, 0.6) is 5.75 Å². The largest absolute Gasteiger partial charge is 0.497 e. The molecule has 0 radical (unpaired) electrons. The topological polar surface area (TPSA) is 93.7 Å². The Morgan fingerprint density at radius 3 is 2.62 bits per heavy atom. The first-order chi connectivity index (χ1) is 16.5. The maximum absolute atomic E-state index is 11.0. The van der Waals surface area contributed by atoms with Gasteiger partial charge in [-0.15, -0.1) is 0 Å². The standard InChI is InChI=1S/C25H20N4O4S/c1-32-19-6-4-5-18(15-19)28-24(23(27-25(28)34)20-7-2-3-14-26-20)22-13-12-21(33-22)16-8-10-17(11-9-16)29(30)31/h2-15,23-24H,1H3,(H,27,34)/t23-,24+/m0/s1. The van der Waals surface area contributed by atoms with E-state index in [4.69, 9.17) is 21.4 Å². The van der Waals surface area contributed by atoms with Crippen LogP contribution in [0.15, 0.2) is 89.5 Å². The van der Waals surface area contributed by atoms with Gasteiger partial charge in [-0.05, 0) is 60.7 Å². The van der Waals surface area contributed by atoms with Crippen molar-refractivity contribution in [2.45, 2.75) is 12.1 Å². The van der Waals surface area contributed by atoms with Gasteiger partial charge in [0.05, 0.1) is 23.8 Å². The third kappa shape index (κ3) is 3.97. The van der Waals surface area contributed by atoms with E-state index in [1.807, 2.05) is 59.5 Å². The average Bonchev–Trinajstić information content (AvgIpc) is 3.49. The van der Waals surface area contributed by atoms with Crippen molar-refractivity contribution in [1.82, 2.24) is 10.3 Å². The number of nitrogens with one attached hydrogen (secondary N) is 1. The first kappa shape index (κ1) is 21.6. The van der Waals surface area contributed by atoms with Crippen LogP contribution in [0.25, 0.3) is 11.3 Å². The van der Waals surface area contributed by atoms with E-state index >= 15 is 0 Å². The molecule has 4 aromatic rings. The summed E-state index contributed by atoms with van der Waals surface area (Å²) in [5.74, 6) is 2.00. The first-order valence-electron chi connectivity index (χ1n) is 10.5. The molecule has 1 aliphatic heterocycles. The maximum Gasteiger partial charge on any atom is 0.269 e. The SMILES string of the molecule is COc1cccc(N2C(=S)N[C@@H](c3ccccn3)[C@H]2c2ccc(-c3ccc([N+](=O)[O-])cc3)o2)c1. The Morgan fingerprint density at radius 2 is 1.91 bits per heavy atom. The van der Waals surface area contributed by atoms with E-state index in [0.29, 0.717) is 22.4 Å². The molecule has 1 aliphatic rings. The number of pyridine rings is 1. The smallest absolute Gasteiger partial charge is 0.269 e. The summed E-state index contributed by atoms with van der Waals surface area (Å²) in [6, 6.07) is 22.9. The summed E-state index contributed by atoms with van der Waals surface area (Å²) in [6.07, 6.45) is 1.75. The van der Waals surface area contributed by atoms with Crippen LogP contribution in [-0.4, -0.2) is 22.1 Å². The summed E-state index contributed by atoms with van der Waals surface area (Å²) in [4.78, 5) is 17.1. The fraction of sp³-hybridized carbons (Fsp3) is 0.120. The summed E-state index contributed by atoms with van der Waals surface area (Å²) in [5, 5.41) is 14.9. The number of ether oxygens (including phenoxy) is 1. The quantitative estimate of drug-likeness (QED) is 0.225. The van der Waals surface area contributed by atoms with E-state index in [0.717, 1.165) is 16.9 Å². The van der Waals surface area contributed by atoms with Crippen LogP contribution in [0.3, 0.4) is 0 Å². The number of nitrogens with zero attached hydrogens (tertiary/aromatic N) is 3. The number of rotatable bonds is 6. The molecule has 0 bridgehead atoms. The minimum atomic E-state index is -0.425. The first-order valence-corrected chi connectivity index (χ1v) is 11.0. The van der Waals surface area contributed by atoms with Crippen LogP contribution in [0.1, 0.15) is 23.5 Å². The van der Waals surface area contributed by atoms with Crippen LogP contribution < -0.4 is 15.0 Å². The lowest BCUT2D eigenvalue weighted by atomic mass is 10.0.